The predicted octanol–water partition coefficient (Wildman–Crippen LogP) is 4.29. The van der Waals surface area contributed by atoms with Gasteiger partial charge < -0.3 is 14.0 Å². The molecule has 0 fully saturated rings. The number of allylic oxidation sites excluding steroid dienone is 1. The van der Waals surface area contributed by atoms with E-state index in [1.807, 2.05) is 36.4 Å². The van der Waals surface area contributed by atoms with E-state index in [0.717, 1.165) is 39.6 Å². The quantitative estimate of drug-likeness (QED) is 0.516. The van der Waals surface area contributed by atoms with Crippen LogP contribution in [0.4, 0.5) is 0 Å². The molecule has 2 aromatic heterocycles. The van der Waals surface area contributed by atoms with Gasteiger partial charge in [-0.1, -0.05) is 18.2 Å². The molecular formula is C19H16ClN3O2. The Labute approximate surface area is 150 Å². The predicted molar refractivity (Wildman–Crippen MR) is 99.7 cm³/mol. The van der Waals surface area contributed by atoms with Crippen molar-refractivity contribution in [3.8, 4) is 22.8 Å². The lowest BCUT2D eigenvalue weighted by atomic mass is 10.1. The number of hydrogen-bond acceptors (Lipinski definition) is 3. The molecule has 5 nitrogen and oxygen atoms in total. The highest BCUT2D eigenvalue weighted by atomic mass is 35.5. The van der Waals surface area contributed by atoms with Crippen LogP contribution >= 0.6 is 12.4 Å². The molecule has 2 aromatic carbocycles. The molecule has 0 unspecified atom stereocenters. The first-order chi connectivity index (χ1) is 11.8. The smallest absolute Gasteiger partial charge is 0.231 e. The van der Waals surface area contributed by atoms with Crippen molar-refractivity contribution in [3.63, 3.8) is 0 Å². The minimum atomic E-state index is 0. The summed E-state index contributed by atoms with van der Waals surface area (Å²) in [7, 11) is 0. The number of fused-ring (bicyclic) bond motifs is 4. The third-order valence-electron chi connectivity index (χ3n) is 4.34. The van der Waals surface area contributed by atoms with Gasteiger partial charge in [-0.05, 0) is 30.3 Å². The summed E-state index contributed by atoms with van der Waals surface area (Å²) < 4.78 is 15.1. The van der Waals surface area contributed by atoms with E-state index in [4.69, 9.17) is 14.5 Å². The van der Waals surface area contributed by atoms with Crippen LogP contribution in [-0.4, -0.2) is 20.7 Å². The Bertz CT molecular complexity index is 1100. The topological polar surface area (TPSA) is 40.7 Å². The fourth-order valence-electron chi connectivity index (χ4n) is 3.25. The second kappa shape index (κ2) is 5.86. The lowest BCUT2D eigenvalue weighted by Gasteiger charge is -2.01. The van der Waals surface area contributed by atoms with Gasteiger partial charge in [0.25, 0.3) is 0 Å². The largest absolute Gasteiger partial charge is 0.454 e. The molecule has 3 heterocycles. The number of nitrogens with zero attached hydrogens (tertiary/aromatic N) is 3. The van der Waals surface area contributed by atoms with E-state index in [1.165, 1.54) is 0 Å². The van der Waals surface area contributed by atoms with Crippen LogP contribution in [-0.2, 0) is 6.54 Å². The lowest BCUT2D eigenvalue weighted by molar-refractivity contribution is 0.174. The third kappa shape index (κ3) is 2.27. The first-order valence-corrected chi connectivity index (χ1v) is 7.82. The van der Waals surface area contributed by atoms with E-state index in [0.29, 0.717) is 6.54 Å². The molecule has 5 rings (SSSR count). The summed E-state index contributed by atoms with van der Waals surface area (Å²) in [5, 5.41) is 0. The Hall–Kier alpha value is -2.92. The molecule has 0 bridgehead atoms. The highest BCUT2D eigenvalue weighted by Gasteiger charge is 2.17. The van der Waals surface area contributed by atoms with E-state index < -0.39 is 0 Å². The van der Waals surface area contributed by atoms with E-state index >= 15 is 0 Å². The molecule has 0 saturated carbocycles. The molecule has 0 amide bonds. The Kier molecular flexibility index (Phi) is 3.66. The van der Waals surface area contributed by atoms with Crippen LogP contribution in [0.5, 0.6) is 11.5 Å². The van der Waals surface area contributed by atoms with Crippen LogP contribution in [0.25, 0.3) is 28.1 Å². The van der Waals surface area contributed by atoms with Crippen molar-refractivity contribution >= 4 is 29.2 Å². The van der Waals surface area contributed by atoms with Crippen molar-refractivity contribution < 1.29 is 9.47 Å². The fraction of sp³-hybridized carbons (Fsp3) is 0.105. The van der Waals surface area contributed by atoms with Gasteiger partial charge in [0, 0.05) is 18.3 Å². The second-order valence-electron chi connectivity index (χ2n) is 5.75. The molecule has 0 spiro atoms. The number of benzene rings is 2. The minimum absolute atomic E-state index is 0. The zero-order valence-corrected chi connectivity index (χ0v) is 14.2. The summed E-state index contributed by atoms with van der Waals surface area (Å²) in [6.07, 6.45) is 3.95. The fourth-order valence-corrected chi connectivity index (χ4v) is 3.25. The normalized spacial score (nSPS) is 12.5. The third-order valence-corrected chi connectivity index (χ3v) is 4.34. The second-order valence-corrected chi connectivity index (χ2v) is 5.75. The Morgan fingerprint density at radius 3 is 2.72 bits per heavy atom. The first-order valence-electron chi connectivity index (χ1n) is 7.82. The van der Waals surface area contributed by atoms with Gasteiger partial charge >= 0.3 is 0 Å². The molecule has 25 heavy (non-hydrogen) atoms. The number of aromatic nitrogens is 3. The van der Waals surface area contributed by atoms with Crippen LogP contribution < -0.4 is 9.47 Å². The minimum Gasteiger partial charge on any atom is -0.454 e. The molecule has 6 heteroatoms. The molecule has 0 atom stereocenters. The summed E-state index contributed by atoms with van der Waals surface area (Å²) in [6.45, 7) is 4.86. The van der Waals surface area contributed by atoms with Crippen molar-refractivity contribution in [1.29, 1.82) is 0 Å². The van der Waals surface area contributed by atoms with Gasteiger partial charge in [0.15, 0.2) is 11.5 Å². The van der Waals surface area contributed by atoms with Crippen LogP contribution in [0.1, 0.15) is 0 Å². The Morgan fingerprint density at radius 2 is 1.88 bits per heavy atom. The summed E-state index contributed by atoms with van der Waals surface area (Å²) >= 11 is 0. The van der Waals surface area contributed by atoms with Gasteiger partial charge in [-0.25, -0.2) is 4.98 Å². The summed E-state index contributed by atoms with van der Waals surface area (Å²) in [6, 6.07) is 14.2. The lowest BCUT2D eigenvalue weighted by Crippen LogP contribution is -1.95. The van der Waals surface area contributed by atoms with Gasteiger partial charge in [0.2, 0.25) is 12.6 Å². The van der Waals surface area contributed by atoms with Crippen LogP contribution in [0.15, 0.2) is 61.3 Å². The average Bonchev–Trinajstić information content (AvgIpc) is 3.30. The summed E-state index contributed by atoms with van der Waals surface area (Å²) in [4.78, 5) is 4.85. The van der Waals surface area contributed by atoms with Crippen LogP contribution in [0, 0.1) is 0 Å². The standard InChI is InChI=1S/C19H15N3O2.ClH/c1-2-9-21-15-5-3-4-6-16(15)22-11-14(20-19(21)22)13-7-8-17-18(10-13)24-12-23-17;/h2-8,10-11H,1,9,12H2;1H. The van der Waals surface area contributed by atoms with Crippen molar-refractivity contribution in [2.45, 2.75) is 6.54 Å². The molecule has 1 aliphatic rings. The first kappa shape index (κ1) is 15.6. The number of para-hydroxylation sites is 2. The van der Waals surface area contributed by atoms with Crippen molar-refractivity contribution in [2.24, 2.45) is 0 Å². The van der Waals surface area contributed by atoms with Crippen molar-refractivity contribution in [2.75, 3.05) is 6.79 Å². The molecular weight excluding hydrogens is 338 g/mol. The average molecular weight is 354 g/mol. The zero-order chi connectivity index (χ0) is 16.1. The number of imidazole rings is 2. The van der Waals surface area contributed by atoms with Crippen molar-refractivity contribution in [1.82, 2.24) is 14.0 Å². The van der Waals surface area contributed by atoms with Gasteiger partial charge in [-0.3, -0.25) is 4.40 Å². The van der Waals surface area contributed by atoms with Crippen LogP contribution in [0.3, 0.4) is 0 Å². The van der Waals surface area contributed by atoms with Gasteiger partial charge in [-0.2, -0.15) is 0 Å². The molecule has 1 aliphatic heterocycles. The number of halogens is 1. The zero-order valence-electron chi connectivity index (χ0n) is 13.4. The van der Waals surface area contributed by atoms with E-state index in [-0.39, 0.29) is 19.2 Å². The summed E-state index contributed by atoms with van der Waals surface area (Å²) in [5.41, 5.74) is 4.20. The highest BCUT2D eigenvalue weighted by molar-refractivity contribution is 5.85. The van der Waals surface area contributed by atoms with Gasteiger partial charge in [-0.15, -0.1) is 19.0 Å². The maximum atomic E-state index is 5.47. The molecule has 0 N–H and O–H groups in total. The highest BCUT2D eigenvalue weighted by Crippen LogP contribution is 2.36. The molecule has 0 saturated heterocycles. The SMILES string of the molecule is C=CCn1c2ccccc2n2cc(-c3ccc4c(c3)OCO4)nc12.Cl. The maximum Gasteiger partial charge on any atom is 0.231 e. The van der Waals surface area contributed by atoms with Gasteiger partial charge in [0.1, 0.15) is 0 Å². The van der Waals surface area contributed by atoms with E-state index in [1.54, 1.807) is 0 Å². The molecule has 4 aromatic rings. The van der Waals surface area contributed by atoms with E-state index in [9.17, 15) is 0 Å². The Morgan fingerprint density at radius 1 is 1.08 bits per heavy atom. The van der Waals surface area contributed by atoms with E-state index in [2.05, 4.69) is 33.9 Å². The maximum absolute atomic E-state index is 5.47. The number of ether oxygens (including phenoxy) is 2. The summed E-state index contributed by atoms with van der Waals surface area (Å²) in [5.74, 6) is 2.46. The Balaban J connectivity index is 0.00000157. The monoisotopic (exact) mass is 353 g/mol. The number of rotatable bonds is 3. The molecule has 0 radical (unpaired) electrons. The molecule has 0 aliphatic carbocycles. The number of hydrogen-bond donors (Lipinski definition) is 0. The van der Waals surface area contributed by atoms with Gasteiger partial charge in [0.05, 0.1) is 16.7 Å². The molecule has 126 valence electrons. The van der Waals surface area contributed by atoms with Crippen LogP contribution in [0.2, 0.25) is 0 Å². The van der Waals surface area contributed by atoms with Crippen molar-refractivity contribution in [3.05, 3.63) is 61.3 Å².